The van der Waals surface area contributed by atoms with Crippen LogP contribution in [0.2, 0.25) is 0 Å². The van der Waals surface area contributed by atoms with Crippen LogP contribution in [0.3, 0.4) is 0 Å². The second-order valence-electron chi connectivity index (χ2n) is 2.98. The van der Waals surface area contributed by atoms with Gasteiger partial charge in [0.25, 0.3) is 0 Å². The molecule has 0 bridgehead atoms. The third-order valence-corrected chi connectivity index (χ3v) is 2.51. The molecule has 1 aromatic carbocycles. The van der Waals surface area contributed by atoms with Gasteiger partial charge >= 0.3 is 5.97 Å². The monoisotopic (exact) mass is 256 g/mol. The molecule has 0 aliphatic carbocycles. The lowest BCUT2D eigenvalue weighted by molar-refractivity contribution is 0.0600. The Kier molecular flexibility index (Phi) is 4.66. The zero-order chi connectivity index (χ0) is 10.4. The lowest BCUT2D eigenvalue weighted by Gasteiger charge is -2.02. The van der Waals surface area contributed by atoms with Gasteiger partial charge < -0.3 is 4.74 Å². The molecule has 0 aliphatic rings. The molecular weight excluding hydrogens is 244 g/mol. The van der Waals surface area contributed by atoms with Crippen molar-refractivity contribution in [1.82, 2.24) is 0 Å². The Bertz CT molecular complexity index is 310. The maximum atomic E-state index is 11.2. The highest BCUT2D eigenvalue weighted by Crippen LogP contribution is 2.09. The predicted molar refractivity (Wildman–Crippen MR) is 59.9 cm³/mol. The van der Waals surface area contributed by atoms with E-state index in [0.29, 0.717) is 5.56 Å². The molecule has 76 valence electrons. The van der Waals surface area contributed by atoms with Gasteiger partial charge in [-0.3, -0.25) is 0 Å². The standard InChI is InChI=1S/C11H13BrO2/c1-14-11(13)10-6-2-4-9(8-10)5-3-7-12/h2,4,6,8H,3,5,7H2,1H3. The van der Waals surface area contributed by atoms with Crippen LogP contribution in [-0.4, -0.2) is 18.4 Å². The van der Waals surface area contributed by atoms with Crippen molar-refractivity contribution in [3.63, 3.8) is 0 Å². The number of ether oxygens (including phenoxy) is 1. The van der Waals surface area contributed by atoms with E-state index in [0.717, 1.165) is 18.2 Å². The molecule has 0 unspecified atom stereocenters. The molecule has 0 radical (unpaired) electrons. The number of alkyl halides is 1. The summed E-state index contributed by atoms with van der Waals surface area (Å²) in [6, 6.07) is 7.56. The quantitative estimate of drug-likeness (QED) is 0.612. The van der Waals surface area contributed by atoms with Crippen molar-refractivity contribution in [3.8, 4) is 0 Å². The van der Waals surface area contributed by atoms with Gasteiger partial charge in [0, 0.05) is 5.33 Å². The minimum absolute atomic E-state index is 0.273. The molecule has 0 aromatic heterocycles. The molecule has 0 N–H and O–H groups in total. The van der Waals surface area contributed by atoms with Crippen LogP contribution in [0.1, 0.15) is 22.3 Å². The van der Waals surface area contributed by atoms with Crippen LogP contribution in [0.25, 0.3) is 0 Å². The summed E-state index contributed by atoms with van der Waals surface area (Å²) in [5.41, 5.74) is 1.80. The smallest absolute Gasteiger partial charge is 0.337 e. The van der Waals surface area contributed by atoms with Crippen LogP contribution in [0.15, 0.2) is 24.3 Å². The maximum Gasteiger partial charge on any atom is 0.337 e. The minimum atomic E-state index is -0.273. The van der Waals surface area contributed by atoms with Gasteiger partial charge in [0.2, 0.25) is 0 Å². The molecule has 1 aromatic rings. The van der Waals surface area contributed by atoms with E-state index < -0.39 is 0 Å². The lowest BCUT2D eigenvalue weighted by atomic mass is 10.1. The van der Waals surface area contributed by atoms with E-state index in [9.17, 15) is 4.79 Å². The van der Waals surface area contributed by atoms with Gasteiger partial charge in [0.15, 0.2) is 0 Å². The fourth-order valence-corrected chi connectivity index (χ4v) is 1.52. The summed E-state index contributed by atoms with van der Waals surface area (Å²) in [4.78, 5) is 11.2. The van der Waals surface area contributed by atoms with Crippen LogP contribution in [0.5, 0.6) is 0 Å². The fraction of sp³-hybridized carbons (Fsp3) is 0.364. The second-order valence-corrected chi connectivity index (χ2v) is 3.78. The van der Waals surface area contributed by atoms with Gasteiger partial charge in [-0.25, -0.2) is 4.79 Å². The number of benzene rings is 1. The van der Waals surface area contributed by atoms with Crippen LogP contribution >= 0.6 is 15.9 Å². The Morgan fingerprint density at radius 2 is 2.29 bits per heavy atom. The normalized spacial score (nSPS) is 9.86. The van der Waals surface area contributed by atoms with E-state index in [-0.39, 0.29) is 5.97 Å². The number of aryl methyl sites for hydroxylation is 1. The third-order valence-electron chi connectivity index (χ3n) is 1.95. The molecule has 0 amide bonds. The third kappa shape index (κ3) is 3.14. The highest BCUT2D eigenvalue weighted by Gasteiger charge is 2.04. The first-order chi connectivity index (χ1) is 6.77. The Balaban J connectivity index is 2.73. The largest absolute Gasteiger partial charge is 0.465 e. The molecule has 0 spiro atoms. The van der Waals surface area contributed by atoms with Gasteiger partial charge in [0.05, 0.1) is 12.7 Å². The first-order valence-electron chi connectivity index (χ1n) is 4.51. The summed E-state index contributed by atoms with van der Waals surface area (Å²) in [5, 5.41) is 0.982. The van der Waals surface area contributed by atoms with Crippen LogP contribution in [-0.2, 0) is 11.2 Å². The van der Waals surface area contributed by atoms with Gasteiger partial charge in [-0.15, -0.1) is 0 Å². The molecule has 3 heteroatoms. The first kappa shape index (κ1) is 11.2. The molecule has 0 aliphatic heterocycles. The molecule has 1 rings (SSSR count). The molecule has 2 nitrogen and oxygen atoms in total. The number of carbonyl (C=O) groups is 1. The van der Waals surface area contributed by atoms with Crippen LogP contribution in [0.4, 0.5) is 0 Å². The van der Waals surface area contributed by atoms with Gasteiger partial charge in [0.1, 0.15) is 0 Å². The van der Waals surface area contributed by atoms with Crippen molar-refractivity contribution in [2.45, 2.75) is 12.8 Å². The zero-order valence-corrected chi connectivity index (χ0v) is 9.71. The van der Waals surface area contributed by atoms with E-state index in [2.05, 4.69) is 20.7 Å². The first-order valence-corrected chi connectivity index (χ1v) is 5.63. The average Bonchev–Trinajstić information content (AvgIpc) is 2.25. The van der Waals surface area contributed by atoms with E-state index in [4.69, 9.17) is 0 Å². The summed E-state index contributed by atoms with van der Waals surface area (Å²) < 4.78 is 4.65. The van der Waals surface area contributed by atoms with Crippen molar-refractivity contribution in [2.24, 2.45) is 0 Å². The minimum Gasteiger partial charge on any atom is -0.465 e. The summed E-state index contributed by atoms with van der Waals surface area (Å²) in [5.74, 6) is -0.273. The number of hydrogen-bond acceptors (Lipinski definition) is 2. The average molecular weight is 257 g/mol. The second kappa shape index (κ2) is 5.81. The Labute approximate surface area is 92.4 Å². The van der Waals surface area contributed by atoms with Crippen molar-refractivity contribution >= 4 is 21.9 Å². The van der Waals surface area contributed by atoms with Crippen LogP contribution < -0.4 is 0 Å². The Hall–Kier alpha value is -0.830. The van der Waals surface area contributed by atoms with Gasteiger partial charge in [-0.1, -0.05) is 28.1 Å². The van der Waals surface area contributed by atoms with Crippen molar-refractivity contribution < 1.29 is 9.53 Å². The molecule has 0 atom stereocenters. The summed E-state index contributed by atoms with van der Waals surface area (Å²) in [6.45, 7) is 0. The molecular formula is C11H13BrO2. The lowest BCUT2D eigenvalue weighted by Crippen LogP contribution is -2.01. The number of rotatable bonds is 4. The molecule has 0 saturated carbocycles. The summed E-state index contributed by atoms with van der Waals surface area (Å²) in [6.07, 6.45) is 2.06. The Morgan fingerprint density at radius 3 is 2.93 bits per heavy atom. The highest BCUT2D eigenvalue weighted by atomic mass is 79.9. The van der Waals surface area contributed by atoms with E-state index in [1.165, 1.54) is 12.7 Å². The maximum absolute atomic E-state index is 11.2. The topological polar surface area (TPSA) is 26.3 Å². The predicted octanol–water partition coefficient (Wildman–Crippen LogP) is 2.80. The number of carbonyl (C=O) groups excluding carboxylic acids is 1. The van der Waals surface area contributed by atoms with E-state index in [1.54, 1.807) is 6.07 Å². The number of methoxy groups -OCH3 is 1. The molecule has 0 heterocycles. The molecule has 14 heavy (non-hydrogen) atoms. The zero-order valence-electron chi connectivity index (χ0n) is 8.13. The number of halogens is 1. The van der Waals surface area contributed by atoms with Crippen molar-refractivity contribution in [3.05, 3.63) is 35.4 Å². The summed E-state index contributed by atoms with van der Waals surface area (Å²) in [7, 11) is 1.40. The van der Waals surface area contributed by atoms with Crippen molar-refractivity contribution in [2.75, 3.05) is 12.4 Å². The van der Waals surface area contributed by atoms with Crippen LogP contribution in [0, 0.1) is 0 Å². The number of esters is 1. The molecule has 0 saturated heterocycles. The van der Waals surface area contributed by atoms with Gasteiger partial charge in [-0.05, 0) is 30.5 Å². The highest BCUT2D eigenvalue weighted by molar-refractivity contribution is 9.09. The van der Waals surface area contributed by atoms with E-state index >= 15 is 0 Å². The SMILES string of the molecule is COC(=O)c1cccc(CCCBr)c1. The van der Waals surface area contributed by atoms with Crippen molar-refractivity contribution in [1.29, 1.82) is 0 Å². The fourth-order valence-electron chi connectivity index (χ4n) is 1.24. The summed E-state index contributed by atoms with van der Waals surface area (Å²) >= 11 is 3.38. The number of hydrogen-bond donors (Lipinski definition) is 0. The Morgan fingerprint density at radius 1 is 1.50 bits per heavy atom. The van der Waals surface area contributed by atoms with Gasteiger partial charge in [-0.2, -0.15) is 0 Å². The van der Waals surface area contributed by atoms with E-state index in [1.807, 2.05) is 18.2 Å². The molecule has 0 fully saturated rings.